The van der Waals surface area contributed by atoms with E-state index in [9.17, 15) is 9.18 Å². The first-order valence-corrected chi connectivity index (χ1v) is 5.77. The van der Waals surface area contributed by atoms with E-state index < -0.39 is 0 Å². The van der Waals surface area contributed by atoms with E-state index in [-0.39, 0.29) is 24.2 Å². The predicted octanol–water partition coefficient (Wildman–Crippen LogP) is 1.65. The van der Waals surface area contributed by atoms with Crippen LogP contribution in [-0.4, -0.2) is 23.7 Å². The second-order valence-corrected chi connectivity index (χ2v) is 4.14. The van der Waals surface area contributed by atoms with Gasteiger partial charge in [0.05, 0.1) is 12.5 Å². The van der Waals surface area contributed by atoms with E-state index >= 15 is 0 Å². The molecular weight excluding hydrogens is 221 g/mol. The Morgan fingerprint density at radius 3 is 2.65 bits per heavy atom. The molecule has 0 aliphatic heterocycles. The monoisotopic (exact) mass is 239 g/mol. The van der Waals surface area contributed by atoms with E-state index in [0.717, 1.165) is 12.0 Å². The number of carbonyl (C=O) groups is 1. The van der Waals surface area contributed by atoms with Crippen LogP contribution in [0.3, 0.4) is 0 Å². The van der Waals surface area contributed by atoms with Gasteiger partial charge in [-0.2, -0.15) is 0 Å². The van der Waals surface area contributed by atoms with Crippen molar-refractivity contribution < 1.29 is 14.3 Å². The second kappa shape index (κ2) is 7.01. The maximum absolute atomic E-state index is 12.6. The number of carbonyl (C=O) groups excluding carboxylic acids is 1. The van der Waals surface area contributed by atoms with Crippen molar-refractivity contribution in [3.63, 3.8) is 0 Å². The molecule has 0 bridgehead atoms. The van der Waals surface area contributed by atoms with E-state index in [2.05, 4.69) is 5.32 Å². The molecule has 1 aromatic rings. The molecule has 17 heavy (non-hydrogen) atoms. The summed E-state index contributed by atoms with van der Waals surface area (Å²) in [5.41, 5.74) is 0.791. The number of rotatable bonds is 6. The average molecular weight is 239 g/mol. The Morgan fingerprint density at radius 2 is 2.06 bits per heavy atom. The SMILES string of the molecule is CC(O)CCCNC(=O)Cc1ccc(F)cc1. The lowest BCUT2D eigenvalue weighted by atomic mass is 10.1. The van der Waals surface area contributed by atoms with Gasteiger partial charge in [-0.25, -0.2) is 4.39 Å². The quantitative estimate of drug-likeness (QED) is 0.741. The topological polar surface area (TPSA) is 49.3 Å². The van der Waals surface area contributed by atoms with Crippen molar-refractivity contribution in [3.8, 4) is 0 Å². The van der Waals surface area contributed by atoms with Crippen LogP contribution < -0.4 is 5.32 Å². The van der Waals surface area contributed by atoms with Gasteiger partial charge in [-0.3, -0.25) is 4.79 Å². The van der Waals surface area contributed by atoms with Gasteiger partial charge in [0.2, 0.25) is 5.91 Å². The molecule has 94 valence electrons. The fourth-order valence-electron chi connectivity index (χ4n) is 1.48. The van der Waals surface area contributed by atoms with Crippen molar-refractivity contribution >= 4 is 5.91 Å². The van der Waals surface area contributed by atoms with Crippen LogP contribution in [0.15, 0.2) is 24.3 Å². The highest BCUT2D eigenvalue weighted by molar-refractivity contribution is 5.78. The number of halogens is 1. The Morgan fingerprint density at radius 1 is 1.41 bits per heavy atom. The molecule has 2 N–H and O–H groups in total. The Kier molecular flexibility index (Phi) is 5.63. The lowest BCUT2D eigenvalue weighted by Gasteiger charge is -2.06. The molecule has 1 aromatic carbocycles. The Hall–Kier alpha value is -1.42. The molecule has 0 saturated heterocycles. The Labute approximate surface area is 101 Å². The van der Waals surface area contributed by atoms with Crippen molar-refractivity contribution in [3.05, 3.63) is 35.6 Å². The highest BCUT2D eigenvalue weighted by Crippen LogP contribution is 2.03. The molecule has 0 aromatic heterocycles. The zero-order chi connectivity index (χ0) is 12.7. The number of aliphatic hydroxyl groups is 1. The van der Waals surface area contributed by atoms with Crippen molar-refractivity contribution in [2.75, 3.05) is 6.54 Å². The smallest absolute Gasteiger partial charge is 0.224 e. The van der Waals surface area contributed by atoms with E-state index in [0.29, 0.717) is 13.0 Å². The zero-order valence-electron chi connectivity index (χ0n) is 9.95. The molecule has 0 spiro atoms. The number of benzene rings is 1. The summed E-state index contributed by atoms with van der Waals surface area (Å²) in [6.45, 7) is 2.28. The Bertz CT molecular complexity index is 349. The molecule has 3 nitrogen and oxygen atoms in total. The summed E-state index contributed by atoms with van der Waals surface area (Å²) in [5, 5.41) is 11.8. The average Bonchev–Trinajstić information content (AvgIpc) is 2.27. The third-order valence-electron chi connectivity index (χ3n) is 2.40. The number of nitrogens with one attached hydrogen (secondary N) is 1. The summed E-state index contributed by atoms with van der Waals surface area (Å²) in [6, 6.07) is 5.89. The fourth-order valence-corrected chi connectivity index (χ4v) is 1.48. The molecule has 0 heterocycles. The minimum Gasteiger partial charge on any atom is -0.393 e. The minimum atomic E-state index is -0.330. The Balaban J connectivity index is 2.23. The van der Waals surface area contributed by atoms with Gasteiger partial charge in [-0.05, 0) is 37.5 Å². The normalized spacial score (nSPS) is 12.2. The van der Waals surface area contributed by atoms with E-state index in [4.69, 9.17) is 5.11 Å². The van der Waals surface area contributed by atoms with Gasteiger partial charge in [0, 0.05) is 6.54 Å². The van der Waals surface area contributed by atoms with E-state index in [1.54, 1.807) is 19.1 Å². The third kappa shape index (κ3) is 6.02. The number of hydrogen-bond donors (Lipinski definition) is 2. The summed E-state index contributed by atoms with van der Waals surface area (Å²) >= 11 is 0. The summed E-state index contributed by atoms with van der Waals surface area (Å²) < 4.78 is 12.6. The van der Waals surface area contributed by atoms with Crippen molar-refractivity contribution in [2.24, 2.45) is 0 Å². The lowest BCUT2D eigenvalue weighted by Crippen LogP contribution is -2.26. The molecule has 0 fully saturated rings. The first-order valence-electron chi connectivity index (χ1n) is 5.77. The second-order valence-electron chi connectivity index (χ2n) is 4.14. The van der Waals surface area contributed by atoms with Gasteiger partial charge in [0.25, 0.3) is 0 Å². The van der Waals surface area contributed by atoms with Crippen molar-refractivity contribution in [1.29, 1.82) is 0 Å². The third-order valence-corrected chi connectivity index (χ3v) is 2.40. The summed E-state index contributed by atoms with van der Waals surface area (Å²) in [7, 11) is 0. The lowest BCUT2D eigenvalue weighted by molar-refractivity contribution is -0.120. The van der Waals surface area contributed by atoms with Crippen LogP contribution >= 0.6 is 0 Å². The zero-order valence-corrected chi connectivity index (χ0v) is 9.95. The van der Waals surface area contributed by atoms with Crippen LogP contribution in [0, 0.1) is 5.82 Å². The molecular formula is C13H18FNO2. The van der Waals surface area contributed by atoms with Gasteiger partial charge in [-0.1, -0.05) is 12.1 Å². The highest BCUT2D eigenvalue weighted by Gasteiger charge is 2.03. The summed E-state index contributed by atoms with van der Waals surface area (Å²) in [4.78, 5) is 11.5. The minimum absolute atomic E-state index is 0.0813. The van der Waals surface area contributed by atoms with Gasteiger partial charge in [0.1, 0.15) is 5.82 Å². The number of amides is 1. The van der Waals surface area contributed by atoms with Crippen LogP contribution in [-0.2, 0) is 11.2 Å². The molecule has 0 saturated carbocycles. The van der Waals surface area contributed by atoms with Crippen LogP contribution in [0.4, 0.5) is 4.39 Å². The molecule has 0 aliphatic rings. The van der Waals surface area contributed by atoms with E-state index in [1.165, 1.54) is 12.1 Å². The van der Waals surface area contributed by atoms with E-state index in [1.807, 2.05) is 0 Å². The van der Waals surface area contributed by atoms with Crippen LogP contribution in [0.5, 0.6) is 0 Å². The van der Waals surface area contributed by atoms with Gasteiger partial charge in [-0.15, -0.1) is 0 Å². The van der Waals surface area contributed by atoms with Crippen LogP contribution in [0.25, 0.3) is 0 Å². The van der Waals surface area contributed by atoms with Gasteiger partial charge >= 0.3 is 0 Å². The molecule has 1 atom stereocenters. The first-order chi connectivity index (χ1) is 8.08. The van der Waals surface area contributed by atoms with Crippen molar-refractivity contribution in [1.82, 2.24) is 5.32 Å². The molecule has 0 aliphatic carbocycles. The molecule has 4 heteroatoms. The van der Waals surface area contributed by atoms with Gasteiger partial charge < -0.3 is 10.4 Å². The van der Waals surface area contributed by atoms with Crippen LogP contribution in [0.1, 0.15) is 25.3 Å². The standard InChI is InChI=1S/C13H18FNO2/c1-10(16)3-2-8-15-13(17)9-11-4-6-12(14)7-5-11/h4-7,10,16H,2-3,8-9H2,1H3,(H,15,17). The molecule has 1 unspecified atom stereocenters. The van der Waals surface area contributed by atoms with Crippen molar-refractivity contribution in [2.45, 2.75) is 32.3 Å². The van der Waals surface area contributed by atoms with Gasteiger partial charge in [0.15, 0.2) is 0 Å². The number of hydrogen-bond acceptors (Lipinski definition) is 2. The fraction of sp³-hybridized carbons (Fsp3) is 0.462. The maximum Gasteiger partial charge on any atom is 0.224 e. The maximum atomic E-state index is 12.6. The molecule has 0 radical (unpaired) electrons. The highest BCUT2D eigenvalue weighted by atomic mass is 19.1. The predicted molar refractivity (Wildman–Crippen MR) is 64.0 cm³/mol. The summed E-state index contributed by atoms with van der Waals surface area (Å²) in [6.07, 6.45) is 1.36. The summed E-state index contributed by atoms with van der Waals surface area (Å²) in [5.74, 6) is -0.381. The largest absolute Gasteiger partial charge is 0.393 e. The van der Waals surface area contributed by atoms with Crippen LogP contribution in [0.2, 0.25) is 0 Å². The number of aliphatic hydroxyl groups excluding tert-OH is 1. The molecule has 1 amide bonds. The first kappa shape index (κ1) is 13.6. The molecule has 1 rings (SSSR count).